The number of thiol groups is 2. The summed E-state index contributed by atoms with van der Waals surface area (Å²) in [6.07, 6.45) is -2.06. The van der Waals surface area contributed by atoms with Crippen LogP contribution in [0.5, 0.6) is 11.5 Å². The minimum absolute atomic E-state index is 0.0320. The highest BCUT2D eigenvalue weighted by molar-refractivity contribution is 8.59. The SMILES string of the molecule is COc1cc(C(=O)NCC(c2cc3c(c(-c4ccc(F)cc4)n2)OCC3(C)CF)C(F)(F)F)cc2cncnc12.SS. The maximum Gasteiger partial charge on any atom is 0.398 e. The number of amides is 1. The summed E-state index contributed by atoms with van der Waals surface area (Å²) < 4.78 is 81.9. The molecule has 0 saturated heterocycles. The van der Waals surface area contributed by atoms with Crippen molar-refractivity contribution in [2.45, 2.75) is 24.4 Å². The Hall–Kier alpha value is -3.65. The fourth-order valence-electron chi connectivity index (χ4n) is 4.59. The van der Waals surface area contributed by atoms with Crippen LogP contribution in [0.2, 0.25) is 0 Å². The molecule has 7 nitrogen and oxygen atoms in total. The number of ether oxygens (including phenoxy) is 2. The van der Waals surface area contributed by atoms with Crippen LogP contribution in [0.4, 0.5) is 22.0 Å². The molecule has 0 radical (unpaired) electrons. The first-order chi connectivity index (χ1) is 20.0. The van der Waals surface area contributed by atoms with E-state index >= 15 is 0 Å². The molecule has 0 aliphatic carbocycles. The van der Waals surface area contributed by atoms with Gasteiger partial charge in [0.05, 0.1) is 18.2 Å². The second-order valence-corrected chi connectivity index (χ2v) is 9.71. The predicted octanol–water partition coefficient (Wildman–Crippen LogP) is 6.30. The maximum atomic E-state index is 14.4. The van der Waals surface area contributed by atoms with Gasteiger partial charge in [0.2, 0.25) is 0 Å². The van der Waals surface area contributed by atoms with E-state index in [2.05, 4.69) is 43.6 Å². The van der Waals surface area contributed by atoms with Crippen molar-refractivity contribution < 1.29 is 36.2 Å². The molecule has 0 fully saturated rings. The highest BCUT2D eigenvalue weighted by atomic mass is 33.1. The van der Waals surface area contributed by atoms with Gasteiger partial charge in [0.1, 0.15) is 54.1 Å². The molecule has 0 bridgehead atoms. The van der Waals surface area contributed by atoms with Crippen LogP contribution in [0, 0.1) is 5.82 Å². The van der Waals surface area contributed by atoms with Gasteiger partial charge in [0, 0.05) is 34.8 Å². The van der Waals surface area contributed by atoms with Gasteiger partial charge in [-0.1, -0.05) is 0 Å². The fraction of sp³-hybridized carbons (Fsp3) is 0.286. The summed E-state index contributed by atoms with van der Waals surface area (Å²) >= 11 is 6.44. The van der Waals surface area contributed by atoms with E-state index in [0.29, 0.717) is 16.5 Å². The molecule has 4 aromatic rings. The van der Waals surface area contributed by atoms with Gasteiger partial charge in [0.15, 0.2) is 0 Å². The topological polar surface area (TPSA) is 86.2 Å². The molecule has 0 spiro atoms. The molecule has 1 aliphatic heterocycles. The van der Waals surface area contributed by atoms with Gasteiger partial charge in [-0.25, -0.2) is 23.7 Å². The molecule has 3 heterocycles. The van der Waals surface area contributed by atoms with Crippen LogP contribution in [-0.2, 0) is 5.41 Å². The van der Waals surface area contributed by atoms with E-state index in [1.807, 2.05) is 0 Å². The van der Waals surface area contributed by atoms with Crippen LogP contribution < -0.4 is 14.8 Å². The molecule has 2 aromatic heterocycles. The molecule has 2 atom stereocenters. The zero-order valence-corrected chi connectivity index (χ0v) is 24.0. The maximum absolute atomic E-state index is 14.4. The highest BCUT2D eigenvalue weighted by Crippen LogP contribution is 2.46. The van der Waals surface area contributed by atoms with Gasteiger partial charge in [0.25, 0.3) is 5.91 Å². The minimum atomic E-state index is -4.82. The number of carbonyl (C=O) groups excluding carboxylic acids is 1. The summed E-state index contributed by atoms with van der Waals surface area (Å²) in [6.45, 7) is -0.291. The molecule has 5 rings (SSSR count). The Kier molecular flexibility index (Phi) is 9.46. The van der Waals surface area contributed by atoms with Crippen molar-refractivity contribution in [3.8, 4) is 22.8 Å². The lowest BCUT2D eigenvalue weighted by atomic mass is 9.84. The first-order valence-corrected chi connectivity index (χ1v) is 14.0. The molecular weight excluding hydrogens is 599 g/mol. The van der Waals surface area contributed by atoms with Gasteiger partial charge in [-0.3, -0.25) is 4.79 Å². The molecule has 1 N–H and O–H groups in total. The molecule has 0 saturated carbocycles. The van der Waals surface area contributed by atoms with E-state index < -0.39 is 48.1 Å². The molecular formula is C28H25F5N4O3S2. The Labute approximate surface area is 248 Å². The monoisotopic (exact) mass is 624 g/mol. The van der Waals surface area contributed by atoms with Gasteiger partial charge in [-0.15, -0.1) is 23.3 Å². The Morgan fingerprint density at radius 3 is 2.55 bits per heavy atom. The van der Waals surface area contributed by atoms with Crippen LogP contribution in [-0.4, -0.2) is 54.0 Å². The van der Waals surface area contributed by atoms with Gasteiger partial charge >= 0.3 is 6.18 Å². The number of nitrogens with one attached hydrogen (secondary N) is 1. The number of fused-ring (bicyclic) bond motifs is 2. The van der Waals surface area contributed by atoms with E-state index in [4.69, 9.17) is 9.47 Å². The number of benzene rings is 2. The van der Waals surface area contributed by atoms with Crippen molar-refractivity contribution in [2.24, 2.45) is 0 Å². The van der Waals surface area contributed by atoms with Crippen molar-refractivity contribution in [3.05, 3.63) is 77.6 Å². The average Bonchev–Trinajstić information content (AvgIpc) is 3.33. The Balaban J connectivity index is 0.00000198. The van der Waals surface area contributed by atoms with E-state index in [-0.39, 0.29) is 34.9 Å². The largest absolute Gasteiger partial charge is 0.494 e. The van der Waals surface area contributed by atoms with Gasteiger partial charge in [-0.2, -0.15) is 13.2 Å². The number of methoxy groups -OCH3 is 1. The first kappa shape index (κ1) is 31.3. The van der Waals surface area contributed by atoms with E-state index in [1.54, 1.807) is 0 Å². The van der Waals surface area contributed by atoms with Gasteiger partial charge in [-0.05, 0) is 49.4 Å². The van der Waals surface area contributed by atoms with Crippen LogP contribution in [0.1, 0.15) is 34.5 Å². The zero-order valence-electron chi connectivity index (χ0n) is 22.2. The fourth-order valence-corrected chi connectivity index (χ4v) is 4.59. The molecule has 1 aliphatic rings. The third-order valence-electron chi connectivity index (χ3n) is 6.86. The van der Waals surface area contributed by atoms with Crippen molar-refractivity contribution >= 4 is 40.1 Å². The summed E-state index contributed by atoms with van der Waals surface area (Å²) in [5, 5.41) is 2.81. The summed E-state index contributed by atoms with van der Waals surface area (Å²) in [6, 6.07) is 9.00. The Morgan fingerprint density at radius 1 is 1.19 bits per heavy atom. The van der Waals surface area contributed by atoms with Crippen molar-refractivity contribution in [3.63, 3.8) is 0 Å². The zero-order chi connectivity index (χ0) is 30.7. The van der Waals surface area contributed by atoms with Crippen molar-refractivity contribution in [1.82, 2.24) is 20.3 Å². The number of carbonyl (C=O) groups is 1. The number of nitrogens with zero attached hydrogens (tertiary/aromatic N) is 3. The number of hydrogen-bond donors (Lipinski definition) is 3. The summed E-state index contributed by atoms with van der Waals surface area (Å²) in [7, 11) is 1.38. The number of hydrogen-bond acceptors (Lipinski definition) is 8. The molecule has 2 unspecified atom stereocenters. The quantitative estimate of drug-likeness (QED) is 0.127. The molecule has 14 heteroatoms. The average molecular weight is 625 g/mol. The van der Waals surface area contributed by atoms with E-state index in [1.165, 1.54) is 56.9 Å². The van der Waals surface area contributed by atoms with Crippen molar-refractivity contribution in [1.29, 1.82) is 0 Å². The number of aromatic nitrogens is 3. The molecule has 42 heavy (non-hydrogen) atoms. The summed E-state index contributed by atoms with van der Waals surface area (Å²) in [4.78, 5) is 25.2. The smallest absolute Gasteiger partial charge is 0.398 e. The van der Waals surface area contributed by atoms with Gasteiger partial charge < -0.3 is 14.8 Å². The lowest BCUT2D eigenvalue weighted by Gasteiger charge is -2.24. The van der Waals surface area contributed by atoms with E-state index in [0.717, 1.165) is 12.1 Å². The third kappa shape index (κ3) is 6.24. The van der Waals surface area contributed by atoms with E-state index in [9.17, 15) is 26.7 Å². The minimum Gasteiger partial charge on any atom is -0.494 e. The summed E-state index contributed by atoms with van der Waals surface area (Å²) in [5.74, 6) is -3.16. The Bertz CT molecular complexity index is 1590. The number of halogens is 5. The number of pyridine rings is 1. The third-order valence-corrected chi connectivity index (χ3v) is 6.86. The van der Waals surface area contributed by atoms with Crippen LogP contribution in [0.25, 0.3) is 22.2 Å². The standard InChI is InChI=1S/C28H23F5N4O3.H2S2/c1-27(12-29)13-40-25-19(27)9-21(37-24(25)15-3-5-18(30)6-4-15)20(28(31,32)33)11-35-26(38)16-7-17-10-34-14-36-23(17)22(8-16)39-2;1-2/h3-10,14,20H,11-13H2,1-2H3,(H,35,38);1-2H. The molecule has 222 valence electrons. The van der Waals surface area contributed by atoms with Crippen LogP contribution in [0.3, 0.4) is 0 Å². The Morgan fingerprint density at radius 2 is 1.90 bits per heavy atom. The number of alkyl halides is 4. The van der Waals surface area contributed by atoms with Crippen LogP contribution in [0.15, 0.2) is 55.0 Å². The highest BCUT2D eigenvalue weighted by Gasteiger charge is 2.45. The predicted molar refractivity (Wildman–Crippen MR) is 154 cm³/mol. The lowest BCUT2D eigenvalue weighted by molar-refractivity contribution is -0.149. The summed E-state index contributed by atoms with van der Waals surface area (Å²) in [5.41, 5.74) is -0.587. The van der Waals surface area contributed by atoms with Crippen LogP contribution >= 0.6 is 23.3 Å². The second kappa shape index (κ2) is 12.7. The lowest BCUT2D eigenvalue weighted by Crippen LogP contribution is -2.36. The molecule has 1 amide bonds. The molecule has 2 aromatic carbocycles. The normalized spacial score (nSPS) is 16.6. The van der Waals surface area contributed by atoms with Crippen molar-refractivity contribution in [2.75, 3.05) is 26.9 Å². The number of rotatable bonds is 7. The first-order valence-electron chi connectivity index (χ1n) is 12.4. The second-order valence-electron chi connectivity index (χ2n) is 9.71.